The van der Waals surface area contributed by atoms with Gasteiger partial charge in [-0.3, -0.25) is 4.79 Å². The molecule has 0 bridgehead atoms. The third kappa shape index (κ3) is 5.05. The first kappa shape index (κ1) is 20.2. The van der Waals surface area contributed by atoms with Crippen molar-refractivity contribution < 1.29 is 14.3 Å². The number of amides is 1. The first-order valence-electron chi connectivity index (χ1n) is 8.65. The lowest BCUT2D eigenvalue weighted by atomic mass is 10.2. The van der Waals surface area contributed by atoms with Crippen LogP contribution in [0.15, 0.2) is 69.5 Å². The average molecular weight is 459 g/mol. The predicted octanol–water partition coefficient (Wildman–Crippen LogP) is 5.30. The van der Waals surface area contributed by atoms with E-state index in [1.54, 1.807) is 12.2 Å². The van der Waals surface area contributed by atoms with Crippen molar-refractivity contribution in [2.75, 3.05) is 13.2 Å². The molecule has 1 heterocycles. The van der Waals surface area contributed by atoms with E-state index in [0.29, 0.717) is 34.8 Å². The second-order valence-electron chi connectivity index (χ2n) is 5.68. The van der Waals surface area contributed by atoms with Crippen LogP contribution >= 0.6 is 27.7 Å². The summed E-state index contributed by atoms with van der Waals surface area (Å²) in [5.74, 6) is 1.03. The molecule has 28 heavy (non-hydrogen) atoms. The van der Waals surface area contributed by atoms with Crippen LogP contribution in [0, 0.1) is 0 Å². The number of aliphatic imine (C=N–C) groups is 1. The van der Waals surface area contributed by atoms with Crippen molar-refractivity contribution in [1.82, 2.24) is 5.32 Å². The number of amidine groups is 1. The number of carbonyl (C=O) groups is 1. The van der Waals surface area contributed by atoms with E-state index in [1.807, 2.05) is 49.4 Å². The van der Waals surface area contributed by atoms with Crippen molar-refractivity contribution in [3.8, 4) is 11.5 Å². The topological polar surface area (TPSA) is 59.9 Å². The lowest BCUT2D eigenvalue weighted by Crippen LogP contribution is -2.19. The number of carbonyl (C=O) groups excluding carboxylic acids is 1. The number of hydrogen-bond acceptors (Lipinski definition) is 5. The lowest BCUT2D eigenvalue weighted by molar-refractivity contribution is -0.115. The highest BCUT2D eigenvalue weighted by molar-refractivity contribution is 9.10. The molecule has 144 valence electrons. The molecule has 0 unspecified atom stereocenters. The lowest BCUT2D eigenvalue weighted by Gasteiger charge is -2.13. The Morgan fingerprint density at radius 3 is 2.75 bits per heavy atom. The molecule has 0 atom stereocenters. The standard InChI is InChI=1S/C21H19BrN2O3S/c1-3-10-27-19-16(22)11-14(12-17(19)26-4-2)13-18-20(25)24-21(28-18)23-15-8-6-5-7-9-15/h3,5-9,11-13H,1,4,10H2,2H3,(H,23,24,25)/b18-13-. The van der Waals surface area contributed by atoms with E-state index in [4.69, 9.17) is 9.47 Å². The monoisotopic (exact) mass is 458 g/mol. The molecule has 1 saturated heterocycles. The Kier molecular flexibility index (Phi) is 6.95. The molecule has 1 aliphatic rings. The van der Waals surface area contributed by atoms with Gasteiger partial charge >= 0.3 is 0 Å². The van der Waals surface area contributed by atoms with Crippen molar-refractivity contribution in [2.24, 2.45) is 4.99 Å². The van der Waals surface area contributed by atoms with Crippen LogP contribution in [0.3, 0.4) is 0 Å². The molecule has 0 saturated carbocycles. The molecule has 5 nitrogen and oxygen atoms in total. The van der Waals surface area contributed by atoms with Crippen LogP contribution < -0.4 is 14.8 Å². The minimum Gasteiger partial charge on any atom is -0.490 e. The molecular weight excluding hydrogens is 440 g/mol. The van der Waals surface area contributed by atoms with Gasteiger partial charge in [-0.25, -0.2) is 4.99 Å². The van der Waals surface area contributed by atoms with Crippen LogP contribution in [0.25, 0.3) is 6.08 Å². The fourth-order valence-corrected chi connectivity index (χ4v) is 3.88. The number of rotatable bonds is 7. The maximum Gasteiger partial charge on any atom is 0.264 e. The quantitative estimate of drug-likeness (QED) is 0.451. The van der Waals surface area contributed by atoms with E-state index in [1.165, 1.54) is 11.8 Å². The van der Waals surface area contributed by atoms with E-state index in [-0.39, 0.29) is 5.91 Å². The Morgan fingerprint density at radius 2 is 2.04 bits per heavy atom. The molecular formula is C21H19BrN2O3S. The summed E-state index contributed by atoms with van der Waals surface area (Å²) >= 11 is 4.82. The summed E-state index contributed by atoms with van der Waals surface area (Å²) in [4.78, 5) is 17.3. The maximum atomic E-state index is 12.3. The van der Waals surface area contributed by atoms with Gasteiger partial charge in [-0.05, 0) is 70.5 Å². The zero-order chi connectivity index (χ0) is 19.9. The Labute approximate surface area is 176 Å². The van der Waals surface area contributed by atoms with Crippen molar-refractivity contribution >= 4 is 50.5 Å². The first-order chi connectivity index (χ1) is 13.6. The third-order valence-electron chi connectivity index (χ3n) is 3.61. The fourth-order valence-electron chi connectivity index (χ4n) is 2.47. The number of para-hydroxylation sites is 1. The molecule has 7 heteroatoms. The minimum atomic E-state index is -0.180. The number of hydrogen-bond donors (Lipinski definition) is 1. The van der Waals surface area contributed by atoms with Crippen LogP contribution in [0.4, 0.5) is 5.69 Å². The minimum absolute atomic E-state index is 0.180. The Balaban J connectivity index is 1.87. The van der Waals surface area contributed by atoms with Crippen LogP contribution in [0.1, 0.15) is 12.5 Å². The van der Waals surface area contributed by atoms with Gasteiger partial charge in [0, 0.05) is 0 Å². The zero-order valence-electron chi connectivity index (χ0n) is 15.3. The molecule has 2 aromatic carbocycles. The number of nitrogens with one attached hydrogen (secondary N) is 1. The fraction of sp³-hybridized carbons (Fsp3) is 0.143. The molecule has 0 aliphatic carbocycles. The normalized spacial score (nSPS) is 16.3. The smallest absolute Gasteiger partial charge is 0.264 e. The van der Waals surface area contributed by atoms with Gasteiger partial charge in [0.15, 0.2) is 16.7 Å². The van der Waals surface area contributed by atoms with Gasteiger partial charge < -0.3 is 14.8 Å². The summed E-state index contributed by atoms with van der Waals surface area (Å²) < 4.78 is 12.1. The molecule has 0 spiro atoms. The van der Waals surface area contributed by atoms with Crippen molar-refractivity contribution in [3.63, 3.8) is 0 Å². The van der Waals surface area contributed by atoms with Crippen molar-refractivity contribution in [2.45, 2.75) is 6.92 Å². The maximum absolute atomic E-state index is 12.3. The Hall–Kier alpha value is -2.51. The zero-order valence-corrected chi connectivity index (χ0v) is 17.7. The SMILES string of the molecule is C=CCOc1c(Br)cc(/C=C2\SC(=Nc3ccccc3)NC2=O)cc1OCC. The molecule has 1 N–H and O–H groups in total. The van der Waals surface area contributed by atoms with Crippen LogP contribution in [-0.4, -0.2) is 24.3 Å². The third-order valence-corrected chi connectivity index (χ3v) is 5.11. The second kappa shape index (κ2) is 9.61. The van der Waals surface area contributed by atoms with Gasteiger partial charge in [0.1, 0.15) is 6.61 Å². The number of ether oxygens (including phenoxy) is 2. The largest absolute Gasteiger partial charge is 0.490 e. The second-order valence-corrected chi connectivity index (χ2v) is 7.56. The summed E-state index contributed by atoms with van der Waals surface area (Å²) in [5, 5.41) is 3.35. The van der Waals surface area contributed by atoms with E-state index in [9.17, 15) is 4.79 Å². The molecule has 1 aliphatic heterocycles. The number of halogens is 1. The van der Waals surface area contributed by atoms with Crippen LogP contribution in [0.5, 0.6) is 11.5 Å². The molecule has 0 aromatic heterocycles. The van der Waals surface area contributed by atoms with Gasteiger partial charge in [-0.2, -0.15) is 0 Å². The number of nitrogens with zero attached hydrogens (tertiary/aromatic N) is 1. The van der Waals surface area contributed by atoms with Gasteiger partial charge in [-0.15, -0.1) is 0 Å². The average Bonchev–Trinajstić information content (AvgIpc) is 3.01. The highest BCUT2D eigenvalue weighted by Crippen LogP contribution is 2.38. The van der Waals surface area contributed by atoms with E-state index >= 15 is 0 Å². The summed E-state index contributed by atoms with van der Waals surface area (Å²) in [6.07, 6.45) is 3.48. The van der Waals surface area contributed by atoms with Gasteiger partial charge in [0.2, 0.25) is 0 Å². The molecule has 1 amide bonds. The highest BCUT2D eigenvalue weighted by Gasteiger charge is 2.24. The summed E-state index contributed by atoms with van der Waals surface area (Å²) in [5.41, 5.74) is 1.61. The Morgan fingerprint density at radius 1 is 1.25 bits per heavy atom. The number of benzene rings is 2. The highest BCUT2D eigenvalue weighted by atomic mass is 79.9. The van der Waals surface area contributed by atoms with Crippen LogP contribution in [-0.2, 0) is 4.79 Å². The molecule has 2 aromatic rings. The Bertz CT molecular complexity index is 942. The van der Waals surface area contributed by atoms with E-state index < -0.39 is 0 Å². The van der Waals surface area contributed by atoms with E-state index in [0.717, 1.165) is 15.7 Å². The van der Waals surface area contributed by atoms with Gasteiger partial charge in [-0.1, -0.05) is 30.9 Å². The van der Waals surface area contributed by atoms with E-state index in [2.05, 4.69) is 32.8 Å². The van der Waals surface area contributed by atoms with Crippen LogP contribution in [0.2, 0.25) is 0 Å². The summed E-state index contributed by atoms with van der Waals surface area (Å²) in [6.45, 7) is 6.44. The number of thioether (sulfide) groups is 1. The summed E-state index contributed by atoms with van der Waals surface area (Å²) in [6, 6.07) is 13.2. The first-order valence-corrected chi connectivity index (χ1v) is 10.3. The molecule has 1 fully saturated rings. The molecule has 0 radical (unpaired) electrons. The van der Waals surface area contributed by atoms with Crippen molar-refractivity contribution in [3.05, 3.63) is 70.1 Å². The summed E-state index contributed by atoms with van der Waals surface area (Å²) in [7, 11) is 0. The van der Waals surface area contributed by atoms with Gasteiger partial charge in [0.25, 0.3) is 5.91 Å². The van der Waals surface area contributed by atoms with Crippen molar-refractivity contribution in [1.29, 1.82) is 0 Å². The van der Waals surface area contributed by atoms with Gasteiger partial charge in [0.05, 0.1) is 21.7 Å². The molecule has 3 rings (SSSR count). The predicted molar refractivity (Wildman–Crippen MR) is 118 cm³/mol.